The third-order valence-electron chi connectivity index (χ3n) is 7.11. The average Bonchev–Trinajstić information content (AvgIpc) is 2.73. The normalized spacial score (nSPS) is 27.9. The molecule has 7 heteroatoms. The summed E-state index contributed by atoms with van der Waals surface area (Å²) < 4.78 is 14.1. The van der Waals surface area contributed by atoms with Gasteiger partial charge in [-0.1, -0.05) is 23.7 Å². The smallest absolute Gasteiger partial charge is 0.256 e. The number of carbonyl (C=O) groups is 2. The van der Waals surface area contributed by atoms with E-state index < -0.39 is 11.7 Å². The molecule has 0 saturated heterocycles. The SMILES string of the molecule is O=C(CSc1ccccc1C(=O)Nc1ccc(Cl)cc1F)NC12CC3CC(CC(C3)C1)C2. The van der Waals surface area contributed by atoms with E-state index in [0.717, 1.165) is 43.1 Å². The Morgan fingerprint density at radius 1 is 1.03 bits per heavy atom. The Bertz CT molecular complexity index is 1020. The van der Waals surface area contributed by atoms with Gasteiger partial charge in [-0.2, -0.15) is 0 Å². The van der Waals surface area contributed by atoms with Crippen LogP contribution in [0, 0.1) is 23.6 Å². The summed E-state index contributed by atoms with van der Waals surface area (Å²) in [7, 11) is 0. The maximum atomic E-state index is 14.1. The molecule has 4 bridgehead atoms. The molecule has 0 unspecified atom stereocenters. The summed E-state index contributed by atoms with van der Waals surface area (Å²) in [6.45, 7) is 0. The first kappa shape index (κ1) is 21.8. The van der Waals surface area contributed by atoms with E-state index in [4.69, 9.17) is 11.6 Å². The quantitative estimate of drug-likeness (QED) is 0.514. The highest BCUT2D eigenvalue weighted by atomic mass is 35.5. The van der Waals surface area contributed by atoms with Crippen molar-refractivity contribution in [2.45, 2.75) is 49.0 Å². The molecule has 0 heterocycles. The summed E-state index contributed by atoms with van der Waals surface area (Å²) in [4.78, 5) is 26.3. The molecule has 6 rings (SSSR count). The van der Waals surface area contributed by atoms with E-state index in [1.807, 2.05) is 12.1 Å². The van der Waals surface area contributed by atoms with E-state index >= 15 is 0 Å². The molecule has 4 aliphatic rings. The molecule has 32 heavy (non-hydrogen) atoms. The topological polar surface area (TPSA) is 58.2 Å². The zero-order chi connectivity index (χ0) is 22.3. The zero-order valence-corrected chi connectivity index (χ0v) is 19.3. The van der Waals surface area contributed by atoms with E-state index in [1.165, 1.54) is 43.2 Å². The van der Waals surface area contributed by atoms with Crippen molar-refractivity contribution in [1.82, 2.24) is 5.32 Å². The number of hydrogen-bond donors (Lipinski definition) is 2. The fraction of sp³-hybridized carbons (Fsp3) is 0.440. The van der Waals surface area contributed by atoms with Gasteiger partial charge >= 0.3 is 0 Å². The molecule has 0 aliphatic heterocycles. The summed E-state index contributed by atoms with van der Waals surface area (Å²) in [6, 6.07) is 11.2. The maximum absolute atomic E-state index is 14.1. The molecule has 4 nitrogen and oxygen atoms in total. The molecule has 2 aromatic rings. The second kappa shape index (κ2) is 8.71. The van der Waals surface area contributed by atoms with Gasteiger partial charge in [-0.3, -0.25) is 9.59 Å². The highest BCUT2D eigenvalue weighted by molar-refractivity contribution is 8.00. The Hall–Kier alpha value is -2.05. The third kappa shape index (κ3) is 4.53. The van der Waals surface area contributed by atoms with Crippen LogP contribution in [0.5, 0.6) is 0 Å². The van der Waals surface area contributed by atoms with Gasteiger partial charge in [0.15, 0.2) is 0 Å². The first-order valence-electron chi connectivity index (χ1n) is 11.2. The van der Waals surface area contributed by atoms with Crippen molar-refractivity contribution in [3.05, 3.63) is 58.9 Å². The van der Waals surface area contributed by atoms with Crippen molar-refractivity contribution in [3.8, 4) is 0 Å². The molecule has 0 spiro atoms. The molecule has 168 valence electrons. The van der Waals surface area contributed by atoms with Crippen LogP contribution in [-0.4, -0.2) is 23.1 Å². The number of halogens is 2. The van der Waals surface area contributed by atoms with Gasteiger partial charge in [0.2, 0.25) is 5.91 Å². The number of carbonyl (C=O) groups excluding carboxylic acids is 2. The largest absolute Gasteiger partial charge is 0.350 e. The minimum absolute atomic E-state index is 0.0185. The molecule has 2 amide bonds. The van der Waals surface area contributed by atoms with E-state index in [0.29, 0.717) is 10.5 Å². The van der Waals surface area contributed by atoms with Crippen LogP contribution in [0.1, 0.15) is 48.9 Å². The van der Waals surface area contributed by atoms with Crippen molar-refractivity contribution in [3.63, 3.8) is 0 Å². The minimum atomic E-state index is -0.592. The molecule has 0 atom stereocenters. The standard InChI is InChI=1S/C25H26ClFN2O2S/c26-18-5-6-21(20(27)10-18)28-24(31)19-3-1-2-4-22(19)32-14-23(30)29-25-11-15-7-16(12-25)9-17(8-15)13-25/h1-6,10,15-17H,7-9,11-14H2,(H,28,31)(H,29,30). The summed E-state index contributed by atoms with van der Waals surface area (Å²) >= 11 is 7.13. The number of nitrogens with one attached hydrogen (secondary N) is 2. The van der Waals surface area contributed by atoms with Gasteiger partial charge in [0.25, 0.3) is 5.91 Å². The van der Waals surface area contributed by atoms with Crippen molar-refractivity contribution in [2.75, 3.05) is 11.1 Å². The molecule has 4 saturated carbocycles. The van der Waals surface area contributed by atoms with E-state index in [2.05, 4.69) is 10.6 Å². The minimum Gasteiger partial charge on any atom is -0.350 e. The number of hydrogen-bond acceptors (Lipinski definition) is 3. The van der Waals surface area contributed by atoms with Crippen LogP contribution in [0.3, 0.4) is 0 Å². The first-order valence-corrected chi connectivity index (χ1v) is 12.5. The first-order chi connectivity index (χ1) is 15.4. The molecular formula is C25H26ClFN2O2S. The highest BCUT2D eigenvalue weighted by Crippen LogP contribution is 2.55. The second-order valence-electron chi connectivity index (χ2n) is 9.61. The summed E-state index contributed by atoms with van der Waals surface area (Å²) in [5.41, 5.74) is 0.461. The monoisotopic (exact) mass is 472 g/mol. The fourth-order valence-corrected chi connectivity index (χ4v) is 7.31. The van der Waals surface area contributed by atoms with Crippen LogP contribution < -0.4 is 10.6 Å². The van der Waals surface area contributed by atoms with Crippen LogP contribution in [-0.2, 0) is 4.79 Å². The molecule has 2 aromatic carbocycles. The van der Waals surface area contributed by atoms with Crippen molar-refractivity contribution in [2.24, 2.45) is 17.8 Å². The molecule has 0 radical (unpaired) electrons. The van der Waals surface area contributed by atoms with Gasteiger partial charge < -0.3 is 10.6 Å². The Balaban J connectivity index is 1.23. The molecule has 0 aromatic heterocycles. The van der Waals surface area contributed by atoms with Gasteiger partial charge in [0.05, 0.1) is 17.0 Å². The summed E-state index contributed by atoms with van der Waals surface area (Å²) in [5, 5.41) is 6.24. The highest BCUT2D eigenvalue weighted by Gasteiger charge is 2.51. The fourth-order valence-electron chi connectivity index (χ4n) is 6.30. The van der Waals surface area contributed by atoms with Crippen molar-refractivity contribution >= 4 is 40.9 Å². The van der Waals surface area contributed by atoms with Crippen LogP contribution in [0.4, 0.5) is 10.1 Å². The Kier molecular flexibility index (Phi) is 5.93. The molecule has 4 fully saturated rings. The van der Waals surface area contributed by atoms with Crippen molar-refractivity contribution < 1.29 is 14.0 Å². The van der Waals surface area contributed by atoms with Crippen LogP contribution >= 0.6 is 23.4 Å². The molecular weight excluding hydrogens is 447 g/mol. The third-order valence-corrected chi connectivity index (χ3v) is 8.42. The number of benzene rings is 2. The van der Waals surface area contributed by atoms with Crippen molar-refractivity contribution in [1.29, 1.82) is 0 Å². The number of thioether (sulfide) groups is 1. The lowest BCUT2D eigenvalue weighted by Crippen LogP contribution is -2.60. The molecule has 2 N–H and O–H groups in total. The van der Waals surface area contributed by atoms with E-state index in [9.17, 15) is 14.0 Å². The number of anilines is 1. The van der Waals surface area contributed by atoms with Gasteiger partial charge in [-0.05, 0) is 86.6 Å². The summed E-state index contributed by atoms with van der Waals surface area (Å²) in [5.74, 6) is 1.57. The van der Waals surface area contributed by atoms with E-state index in [-0.39, 0.29) is 27.9 Å². The molecule has 4 aliphatic carbocycles. The maximum Gasteiger partial charge on any atom is 0.256 e. The zero-order valence-electron chi connectivity index (χ0n) is 17.7. The number of rotatable bonds is 6. The van der Waals surface area contributed by atoms with Gasteiger partial charge in [-0.15, -0.1) is 11.8 Å². The van der Waals surface area contributed by atoms with Crippen LogP contribution in [0.25, 0.3) is 0 Å². The lowest BCUT2D eigenvalue weighted by molar-refractivity contribution is -0.124. The second-order valence-corrected chi connectivity index (χ2v) is 11.1. The lowest BCUT2D eigenvalue weighted by Gasteiger charge is -2.56. The predicted molar refractivity (Wildman–Crippen MR) is 126 cm³/mol. The van der Waals surface area contributed by atoms with Gasteiger partial charge in [0, 0.05) is 15.5 Å². The van der Waals surface area contributed by atoms with Crippen LogP contribution in [0.2, 0.25) is 5.02 Å². The van der Waals surface area contributed by atoms with Gasteiger partial charge in [-0.25, -0.2) is 4.39 Å². The average molecular weight is 473 g/mol. The number of amides is 2. The lowest BCUT2D eigenvalue weighted by atomic mass is 9.53. The van der Waals surface area contributed by atoms with E-state index in [1.54, 1.807) is 12.1 Å². The van der Waals surface area contributed by atoms with Gasteiger partial charge in [0.1, 0.15) is 5.82 Å². The Labute approximate surface area is 196 Å². The predicted octanol–water partition coefficient (Wildman–Crippen LogP) is 5.91. The Morgan fingerprint density at radius 3 is 2.34 bits per heavy atom. The Morgan fingerprint density at radius 2 is 1.69 bits per heavy atom. The van der Waals surface area contributed by atoms with Crippen LogP contribution in [0.15, 0.2) is 47.4 Å². The summed E-state index contributed by atoms with van der Waals surface area (Å²) in [6.07, 6.45) is 7.34.